The van der Waals surface area contributed by atoms with Crippen molar-refractivity contribution in [1.82, 2.24) is 0 Å². The summed E-state index contributed by atoms with van der Waals surface area (Å²) < 4.78 is 5.55. The average Bonchev–Trinajstić information content (AvgIpc) is 2.91. The average molecular weight is 591 g/mol. The summed E-state index contributed by atoms with van der Waals surface area (Å²) in [4.78, 5) is 15.7. The van der Waals surface area contributed by atoms with Crippen LogP contribution >= 0.6 is 20.8 Å². The Morgan fingerprint density at radius 1 is 1.15 bits per heavy atom. The minimum atomic E-state index is -0.833. The van der Waals surface area contributed by atoms with Gasteiger partial charge < -0.3 is 14.7 Å². The van der Waals surface area contributed by atoms with E-state index in [4.69, 9.17) is 32.7 Å². The van der Waals surface area contributed by atoms with Gasteiger partial charge in [0.2, 0.25) is 0 Å². The molecule has 2 atom stereocenters. The molecule has 0 bridgehead atoms. The lowest BCUT2D eigenvalue weighted by molar-refractivity contribution is -0.134. The van der Waals surface area contributed by atoms with Gasteiger partial charge in [0.25, 0.3) is 5.97 Å². The largest absolute Gasteiger partial charge is 0.496 e. The Hall–Kier alpha value is -2.54. The lowest BCUT2D eigenvalue weighted by atomic mass is 9.88. The number of carboxylic acids is 1. The first-order valence-electron chi connectivity index (χ1n) is 14.0. The van der Waals surface area contributed by atoms with Crippen LogP contribution in [-0.4, -0.2) is 35.7 Å². The molecule has 0 spiro atoms. The van der Waals surface area contributed by atoms with E-state index < -0.39 is 5.97 Å². The summed E-state index contributed by atoms with van der Waals surface area (Å²) in [5.74, 6) is 0.997. The number of unbranched alkanes of at least 4 members (excludes halogenated alkanes) is 1. The molecule has 7 heteroatoms. The number of aliphatic imine (C=N–C) groups is 1. The predicted octanol–water partition coefficient (Wildman–Crippen LogP) is 9.59. The fraction of sp³-hybridized carbons (Fsp3) is 0.515. The molecule has 2 aromatic carbocycles. The summed E-state index contributed by atoms with van der Waals surface area (Å²) in [6.07, 6.45) is 9.19. The Morgan fingerprint density at radius 2 is 1.70 bits per heavy atom. The van der Waals surface area contributed by atoms with Crippen molar-refractivity contribution in [3.05, 3.63) is 58.1 Å². The zero-order valence-electron chi connectivity index (χ0n) is 26.6. The van der Waals surface area contributed by atoms with Crippen molar-refractivity contribution >= 4 is 38.3 Å². The molecular formula is C33H52ClN2O3P. The lowest BCUT2D eigenvalue weighted by Gasteiger charge is -2.35. The number of hydrogen-bond donors (Lipinski definition) is 1. The summed E-state index contributed by atoms with van der Waals surface area (Å²) in [5, 5.41) is 7.84. The number of aliphatic carboxylic acids is 1. The number of methoxy groups -OCH3 is 1. The minimum absolute atomic E-state index is 0.105. The van der Waals surface area contributed by atoms with Crippen LogP contribution in [0, 0.1) is 19.4 Å². The zero-order chi connectivity index (χ0) is 31.5. The highest BCUT2D eigenvalue weighted by molar-refractivity contribution is 7.21. The number of carboxylic acid groups (broad SMARTS) is 1. The van der Waals surface area contributed by atoms with Crippen molar-refractivity contribution in [2.75, 3.05) is 18.6 Å². The molecule has 40 heavy (non-hydrogen) atoms. The Morgan fingerprint density at radius 3 is 2.12 bits per heavy atom. The van der Waals surface area contributed by atoms with E-state index in [1.807, 2.05) is 38.1 Å². The van der Waals surface area contributed by atoms with E-state index in [0.717, 1.165) is 48.3 Å². The molecule has 0 radical (unpaired) electrons. The van der Waals surface area contributed by atoms with E-state index in [9.17, 15) is 0 Å². The van der Waals surface area contributed by atoms with Crippen LogP contribution in [0.2, 0.25) is 5.02 Å². The number of nitrogens with zero attached hydrogens (tertiary/aromatic N) is 2. The molecule has 0 aliphatic heterocycles. The van der Waals surface area contributed by atoms with Crippen LogP contribution in [0.5, 0.6) is 5.75 Å². The Labute approximate surface area is 252 Å². The van der Waals surface area contributed by atoms with Gasteiger partial charge in [0.05, 0.1) is 7.11 Å². The van der Waals surface area contributed by atoms with E-state index >= 15 is 0 Å². The summed E-state index contributed by atoms with van der Waals surface area (Å²) in [6.45, 7) is 20.9. The lowest BCUT2D eigenvalue weighted by Crippen LogP contribution is -2.43. The van der Waals surface area contributed by atoms with Crippen molar-refractivity contribution in [3.63, 3.8) is 0 Å². The quantitative estimate of drug-likeness (QED) is 0.144. The van der Waals surface area contributed by atoms with Gasteiger partial charge in [-0.3, -0.25) is 4.79 Å². The van der Waals surface area contributed by atoms with E-state index in [0.29, 0.717) is 5.02 Å². The van der Waals surface area contributed by atoms with E-state index in [1.54, 1.807) is 7.11 Å². The molecule has 0 aliphatic carbocycles. The normalized spacial score (nSPS) is 11.2. The number of ether oxygens (including phenoxy) is 1. The molecule has 0 amide bonds. The number of amidine groups is 1. The Balaban J connectivity index is 0. The van der Waals surface area contributed by atoms with Gasteiger partial charge in [0.1, 0.15) is 11.6 Å². The zero-order valence-corrected chi connectivity index (χ0v) is 28.5. The highest BCUT2D eigenvalue weighted by atomic mass is 35.5. The first-order valence-corrected chi connectivity index (χ1v) is 15.0. The Bertz CT molecular complexity index is 1080. The summed E-state index contributed by atoms with van der Waals surface area (Å²) >= 11 is 6.45. The fourth-order valence-corrected chi connectivity index (χ4v) is 4.19. The van der Waals surface area contributed by atoms with Gasteiger partial charge in [0, 0.05) is 41.3 Å². The summed E-state index contributed by atoms with van der Waals surface area (Å²) in [6, 6.07) is 14.7. The van der Waals surface area contributed by atoms with Crippen LogP contribution in [0.15, 0.2) is 41.4 Å². The van der Waals surface area contributed by atoms with E-state index in [2.05, 4.69) is 85.8 Å². The molecule has 1 unspecified atom stereocenters. The molecule has 0 saturated carbocycles. The van der Waals surface area contributed by atoms with Crippen molar-refractivity contribution in [2.45, 2.75) is 99.6 Å². The van der Waals surface area contributed by atoms with Gasteiger partial charge in [-0.15, -0.1) is 9.24 Å². The van der Waals surface area contributed by atoms with Crippen LogP contribution < -0.4 is 9.64 Å². The van der Waals surface area contributed by atoms with E-state index in [1.165, 1.54) is 18.4 Å². The molecule has 2 aromatic rings. The molecule has 2 rings (SSSR count). The molecule has 0 fully saturated rings. The van der Waals surface area contributed by atoms with Crippen molar-refractivity contribution < 1.29 is 14.6 Å². The Kier molecular flexibility index (Phi) is 21.0. The third-order valence-electron chi connectivity index (χ3n) is 5.71. The van der Waals surface area contributed by atoms with Gasteiger partial charge in [-0.25, -0.2) is 0 Å². The highest BCUT2D eigenvalue weighted by Crippen LogP contribution is 2.39. The van der Waals surface area contributed by atoms with E-state index in [-0.39, 0.29) is 11.1 Å². The highest BCUT2D eigenvalue weighted by Gasteiger charge is 2.29. The SMILES string of the molecule is C#CN=C(N(CCC)c1ccc(Cl)cc1[C@H](C)c1cccc(OC)c1C)C(C)(C)P.CC.CC(=O)O.CCCC. The van der Waals surface area contributed by atoms with Crippen LogP contribution in [0.25, 0.3) is 0 Å². The maximum Gasteiger partial charge on any atom is 0.300 e. The van der Waals surface area contributed by atoms with Gasteiger partial charge in [-0.2, -0.15) is 4.99 Å². The third-order valence-corrected chi connectivity index (χ3v) is 6.20. The van der Waals surface area contributed by atoms with Crippen LogP contribution in [0.1, 0.15) is 104 Å². The topological polar surface area (TPSA) is 62.1 Å². The van der Waals surface area contributed by atoms with Crippen molar-refractivity contribution in [2.24, 2.45) is 4.99 Å². The molecule has 0 aliphatic rings. The second-order valence-corrected chi connectivity index (χ2v) is 11.4. The second kappa shape index (κ2) is 21.2. The fourth-order valence-electron chi connectivity index (χ4n) is 3.78. The summed E-state index contributed by atoms with van der Waals surface area (Å²) in [5.41, 5.74) is 4.53. The molecule has 224 valence electrons. The van der Waals surface area contributed by atoms with Gasteiger partial charge in [-0.1, -0.05) is 84.5 Å². The number of halogens is 1. The molecule has 1 N–H and O–H groups in total. The maximum atomic E-state index is 9.00. The predicted molar refractivity (Wildman–Crippen MR) is 180 cm³/mol. The number of anilines is 1. The minimum Gasteiger partial charge on any atom is -0.496 e. The molecule has 0 heterocycles. The van der Waals surface area contributed by atoms with Gasteiger partial charge in [-0.05, 0) is 68.1 Å². The molecular weight excluding hydrogens is 539 g/mol. The number of hydrogen-bond acceptors (Lipinski definition) is 3. The summed E-state index contributed by atoms with van der Waals surface area (Å²) in [7, 11) is 4.56. The van der Waals surface area contributed by atoms with Crippen molar-refractivity contribution in [3.8, 4) is 18.2 Å². The third kappa shape index (κ3) is 13.7. The van der Waals surface area contributed by atoms with Gasteiger partial charge >= 0.3 is 0 Å². The molecule has 0 saturated heterocycles. The molecule has 0 aromatic heterocycles. The van der Waals surface area contributed by atoms with Gasteiger partial charge in [0.15, 0.2) is 0 Å². The number of carbonyl (C=O) groups is 1. The van der Waals surface area contributed by atoms with Crippen LogP contribution in [0.3, 0.4) is 0 Å². The molecule has 5 nitrogen and oxygen atoms in total. The standard InChI is InChI=1S/C25H32ClN2OP.C4H10.C2H4O2.C2H6/c1-8-15-28(24(27-9-2)25(5,6)30)22-14-13-19(26)16-21(22)17(3)20-11-10-12-23(29-7)18(20)4;1-3-4-2;1-2(3)4;1-2/h2,10-14,16-17H,8,15,30H2,1,3-7H3;3-4H2,1-2H3;1H3,(H,3,4);1-2H3/t17-;;;/m1.../s1. The van der Waals surface area contributed by atoms with Crippen molar-refractivity contribution in [1.29, 1.82) is 0 Å². The second-order valence-electron chi connectivity index (χ2n) is 9.56. The smallest absolute Gasteiger partial charge is 0.300 e. The number of benzene rings is 2. The first kappa shape index (κ1) is 39.6. The number of terminal acetylenes is 1. The maximum absolute atomic E-state index is 9.00. The van der Waals surface area contributed by atoms with Crippen LogP contribution in [0.4, 0.5) is 5.69 Å². The first-order chi connectivity index (χ1) is 18.8. The van der Waals surface area contributed by atoms with Crippen LogP contribution in [-0.2, 0) is 4.79 Å². The monoisotopic (exact) mass is 590 g/mol. The number of rotatable bonds is 8.